The van der Waals surface area contributed by atoms with Crippen LogP contribution in [-0.4, -0.2) is 29.9 Å². The number of hydrogen-bond acceptors (Lipinski definition) is 7. The molecule has 0 spiro atoms. The Hall–Kier alpha value is -6.44. The van der Waals surface area contributed by atoms with Gasteiger partial charge in [0.1, 0.15) is 4.83 Å². The first-order chi connectivity index (χ1) is 24.3. The van der Waals surface area contributed by atoms with Crippen LogP contribution in [-0.2, 0) is 0 Å². The van der Waals surface area contributed by atoms with E-state index < -0.39 is 0 Å². The number of benzene rings is 5. The number of pyridine rings is 1. The predicted molar refractivity (Wildman–Crippen MR) is 199 cm³/mol. The smallest absolute Gasteiger partial charge is 0.164 e. The monoisotopic (exact) mass is 646 g/mol. The minimum absolute atomic E-state index is 0.608. The second-order valence-electron chi connectivity index (χ2n) is 11.6. The summed E-state index contributed by atoms with van der Waals surface area (Å²) in [6.45, 7) is 0. The molecule has 0 atom stereocenters. The normalized spacial score (nSPS) is 11.3. The summed E-state index contributed by atoms with van der Waals surface area (Å²) in [4.78, 5) is 30.8. The molecule has 0 aliphatic carbocycles. The van der Waals surface area contributed by atoms with Gasteiger partial charge in [0.05, 0.1) is 15.9 Å². The fraction of sp³-hybridized carbons (Fsp3) is 0. The van der Waals surface area contributed by atoms with E-state index in [0.717, 1.165) is 65.1 Å². The van der Waals surface area contributed by atoms with Gasteiger partial charge >= 0.3 is 0 Å². The average molecular weight is 647 g/mol. The Labute approximate surface area is 286 Å². The summed E-state index contributed by atoms with van der Waals surface area (Å²) in [6, 6.07) is 51.0. The van der Waals surface area contributed by atoms with Gasteiger partial charge in [0.2, 0.25) is 0 Å². The van der Waals surface area contributed by atoms with Gasteiger partial charge in [-0.25, -0.2) is 29.9 Å². The van der Waals surface area contributed by atoms with E-state index in [2.05, 4.69) is 42.5 Å². The van der Waals surface area contributed by atoms with E-state index in [-0.39, 0.29) is 0 Å². The number of thiophene rings is 1. The van der Waals surface area contributed by atoms with Crippen LogP contribution < -0.4 is 0 Å². The van der Waals surface area contributed by atoms with Crippen molar-refractivity contribution in [2.24, 2.45) is 0 Å². The van der Waals surface area contributed by atoms with Crippen molar-refractivity contribution in [2.45, 2.75) is 0 Å². The van der Waals surface area contributed by atoms with Crippen LogP contribution in [0, 0.1) is 0 Å². The van der Waals surface area contributed by atoms with Crippen molar-refractivity contribution in [3.8, 4) is 67.9 Å². The zero-order chi connectivity index (χ0) is 32.6. The first kappa shape index (κ1) is 28.8. The van der Waals surface area contributed by atoms with Crippen molar-refractivity contribution >= 4 is 31.8 Å². The van der Waals surface area contributed by atoms with Gasteiger partial charge in [-0.3, -0.25) is 0 Å². The highest BCUT2D eigenvalue weighted by Crippen LogP contribution is 2.40. The molecule has 0 aliphatic heterocycles. The molecule has 9 aromatic rings. The molecule has 5 aromatic carbocycles. The van der Waals surface area contributed by atoms with Crippen molar-refractivity contribution in [2.75, 3.05) is 0 Å². The molecule has 230 valence electrons. The van der Waals surface area contributed by atoms with E-state index >= 15 is 0 Å². The molecule has 4 heterocycles. The Bertz CT molecular complexity index is 2510. The van der Waals surface area contributed by atoms with Crippen LogP contribution in [0.4, 0.5) is 0 Å². The molecule has 0 saturated carbocycles. The summed E-state index contributed by atoms with van der Waals surface area (Å²) < 4.78 is 0.998. The maximum atomic E-state index is 5.16. The number of rotatable bonds is 6. The Morgan fingerprint density at radius 1 is 0.367 bits per heavy atom. The molecule has 0 aliphatic rings. The molecule has 9 rings (SSSR count). The predicted octanol–water partition coefficient (Wildman–Crippen LogP) is 10.4. The molecular formula is C42H26N6S. The number of hydrogen-bond donors (Lipinski definition) is 0. The third-order valence-corrected chi connectivity index (χ3v) is 9.54. The first-order valence-corrected chi connectivity index (χ1v) is 16.8. The fourth-order valence-corrected chi connectivity index (χ4v) is 7.02. The molecule has 7 heteroatoms. The van der Waals surface area contributed by atoms with Gasteiger partial charge < -0.3 is 0 Å². The Morgan fingerprint density at radius 2 is 0.796 bits per heavy atom. The quantitative estimate of drug-likeness (QED) is 0.179. The van der Waals surface area contributed by atoms with Crippen LogP contribution in [0.2, 0.25) is 0 Å². The molecule has 0 amide bonds. The Kier molecular flexibility index (Phi) is 7.22. The zero-order valence-corrected chi connectivity index (χ0v) is 26.9. The van der Waals surface area contributed by atoms with Gasteiger partial charge in [-0.1, -0.05) is 146 Å². The standard InChI is InChI=1S/C42H26N6S/c1-5-13-27(14-6-1)33-25-34-36-37(49-42(34)43-26-33)35(44-38(45-36)29-15-7-2-8-16-29)28-21-23-32(24-22-28)41-47-39(30-17-9-3-10-18-30)46-40(48-41)31-19-11-4-12-20-31/h1-26H. The molecule has 49 heavy (non-hydrogen) atoms. The van der Waals surface area contributed by atoms with Crippen LogP contribution in [0.3, 0.4) is 0 Å². The van der Waals surface area contributed by atoms with Gasteiger partial charge in [0.25, 0.3) is 0 Å². The minimum atomic E-state index is 0.608. The van der Waals surface area contributed by atoms with Crippen LogP contribution in [0.5, 0.6) is 0 Å². The van der Waals surface area contributed by atoms with Crippen molar-refractivity contribution in [1.29, 1.82) is 0 Å². The van der Waals surface area contributed by atoms with Crippen LogP contribution >= 0.6 is 11.3 Å². The third-order valence-electron chi connectivity index (χ3n) is 8.43. The molecule has 0 unspecified atom stereocenters. The maximum Gasteiger partial charge on any atom is 0.164 e. The topological polar surface area (TPSA) is 77.3 Å². The highest BCUT2D eigenvalue weighted by Gasteiger charge is 2.19. The molecule has 4 aromatic heterocycles. The largest absolute Gasteiger partial charge is 0.245 e. The molecule has 0 N–H and O–H groups in total. The lowest BCUT2D eigenvalue weighted by Crippen LogP contribution is -2.00. The summed E-state index contributed by atoms with van der Waals surface area (Å²) in [5.41, 5.74) is 8.63. The summed E-state index contributed by atoms with van der Waals surface area (Å²) in [6.07, 6.45) is 1.94. The van der Waals surface area contributed by atoms with E-state index in [1.54, 1.807) is 11.3 Å². The average Bonchev–Trinajstić information content (AvgIpc) is 3.57. The highest BCUT2D eigenvalue weighted by atomic mass is 32.1. The fourth-order valence-electron chi connectivity index (χ4n) is 5.94. The van der Waals surface area contributed by atoms with E-state index in [9.17, 15) is 0 Å². The second-order valence-corrected chi connectivity index (χ2v) is 12.6. The number of aromatic nitrogens is 6. The van der Waals surface area contributed by atoms with Crippen molar-refractivity contribution < 1.29 is 0 Å². The Balaban J connectivity index is 1.19. The second kappa shape index (κ2) is 12.3. The lowest BCUT2D eigenvalue weighted by molar-refractivity contribution is 1.07. The van der Waals surface area contributed by atoms with E-state index in [4.69, 9.17) is 29.9 Å². The number of nitrogens with zero attached hydrogens (tertiary/aromatic N) is 6. The molecule has 0 bridgehead atoms. The first-order valence-electron chi connectivity index (χ1n) is 16.0. The SMILES string of the molecule is c1ccc(-c2cnc3sc4c(-c5ccc(-c6nc(-c7ccccc7)nc(-c7ccccc7)n6)cc5)nc(-c5ccccc5)nc4c3c2)cc1. The molecule has 0 fully saturated rings. The van der Waals surface area contributed by atoms with Crippen LogP contribution in [0.1, 0.15) is 0 Å². The third kappa shape index (κ3) is 5.52. The summed E-state index contributed by atoms with van der Waals surface area (Å²) in [7, 11) is 0. The summed E-state index contributed by atoms with van der Waals surface area (Å²) in [5.74, 6) is 2.54. The lowest BCUT2D eigenvalue weighted by atomic mass is 10.1. The summed E-state index contributed by atoms with van der Waals surface area (Å²) >= 11 is 1.62. The zero-order valence-electron chi connectivity index (χ0n) is 26.1. The van der Waals surface area contributed by atoms with Crippen LogP contribution in [0.25, 0.3) is 88.4 Å². The van der Waals surface area contributed by atoms with Crippen molar-refractivity contribution in [3.05, 3.63) is 158 Å². The van der Waals surface area contributed by atoms with Gasteiger partial charge in [-0.2, -0.15) is 0 Å². The summed E-state index contributed by atoms with van der Waals surface area (Å²) in [5, 5.41) is 1.02. The van der Waals surface area contributed by atoms with Crippen LogP contribution in [0.15, 0.2) is 158 Å². The van der Waals surface area contributed by atoms with E-state index in [1.807, 2.05) is 115 Å². The van der Waals surface area contributed by atoms with Crippen molar-refractivity contribution in [3.63, 3.8) is 0 Å². The van der Waals surface area contributed by atoms with E-state index in [1.165, 1.54) is 0 Å². The maximum absolute atomic E-state index is 5.16. The minimum Gasteiger partial charge on any atom is -0.245 e. The highest BCUT2D eigenvalue weighted by molar-refractivity contribution is 7.25. The lowest BCUT2D eigenvalue weighted by Gasteiger charge is -2.10. The number of fused-ring (bicyclic) bond motifs is 3. The molecular weight excluding hydrogens is 621 g/mol. The molecule has 0 radical (unpaired) electrons. The van der Waals surface area contributed by atoms with Gasteiger partial charge in [-0.05, 0) is 11.6 Å². The van der Waals surface area contributed by atoms with E-state index in [0.29, 0.717) is 23.3 Å². The molecule has 0 saturated heterocycles. The van der Waals surface area contributed by atoms with Gasteiger partial charge in [-0.15, -0.1) is 11.3 Å². The Morgan fingerprint density at radius 3 is 1.31 bits per heavy atom. The van der Waals surface area contributed by atoms with Gasteiger partial charge in [0.15, 0.2) is 23.3 Å². The van der Waals surface area contributed by atoms with Gasteiger partial charge in [0, 0.05) is 45.0 Å². The molecule has 6 nitrogen and oxygen atoms in total. The van der Waals surface area contributed by atoms with Crippen molar-refractivity contribution in [1.82, 2.24) is 29.9 Å².